The van der Waals surface area contributed by atoms with Gasteiger partial charge in [0.15, 0.2) is 5.17 Å². The number of anilines is 1. The molecule has 1 rings (SSSR count). The molecule has 0 aliphatic heterocycles. The zero-order chi connectivity index (χ0) is 8.97. The number of thioether (sulfide) groups is 1. The van der Waals surface area contributed by atoms with Crippen LogP contribution in [-0.4, -0.2) is 16.4 Å². The van der Waals surface area contributed by atoms with Gasteiger partial charge in [-0.3, -0.25) is 5.41 Å². The smallest absolute Gasteiger partial charge is 0.159 e. The average Bonchev–Trinajstić information content (AvgIpc) is 2.09. The quantitative estimate of drug-likeness (QED) is 0.515. The molecule has 0 aliphatic carbocycles. The van der Waals surface area contributed by atoms with Crippen molar-refractivity contribution in [2.75, 3.05) is 11.6 Å². The molecule has 0 aliphatic rings. The monoisotopic (exact) mass is 181 g/mol. The van der Waals surface area contributed by atoms with Crippen LogP contribution in [0.2, 0.25) is 0 Å². The summed E-state index contributed by atoms with van der Waals surface area (Å²) < 4.78 is 0. The van der Waals surface area contributed by atoms with Crippen LogP contribution in [0.4, 0.5) is 5.82 Å². The van der Waals surface area contributed by atoms with Gasteiger partial charge in [-0.05, 0) is 24.8 Å². The van der Waals surface area contributed by atoms with Crippen molar-refractivity contribution in [3.63, 3.8) is 0 Å². The predicted molar refractivity (Wildman–Crippen MR) is 53.8 cm³/mol. The van der Waals surface area contributed by atoms with E-state index in [1.807, 2.05) is 25.3 Å². The van der Waals surface area contributed by atoms with Crippen molar-refractivity contribution in [1.29, 1.82) is 5.41 Å². The molecular formula is C8H11N3S. The Hall–Kier alpha value is -1.03. The molecule has 0 fully saturated rings. The minimum Gasteiger partial charge on any atom is -0.320 e. The van der Waals surface area contributed by atoms with Gasteiger partial charge in [0.1, 0.15) is 5.82 Å². The van der Waals surface area contributed by atoms with Crippen molar-refractivity contribution in [3.8, 4) is 0 Å². The van der Waals surface area contributed by atoms with E-state index in [-0.39, 0.29) is 0 Å². The number of aromatic nitrogens is 1. The molecular weight excluding hydrogens is 170 g/mol. The Morgan fingerprint density at radius 3 is 2.83 bits per heavy atom. The molecule has 0 atom stereocenters. The van der Waals surface area contributed by atoms with E-state index in [9.17, 15) is 0 Å². The van der Waals surface area contributed by atoms with Gasteiger partial charge in [-0.15, -0.1) is 0 Å². The Morgan fingerprint density at radius 2 is 2.33 bits per heavy atom. The van der Waals surface area contributed by atoms with E-state index in [4.69, 9.17) is 5.41 Å². The molecule has 0 unspecified atom stereocenters. The van der Waals surface area contributed by atoms with E-state index < -0.39 is 0 Å². The summed E-state index contributed by atoms with van der Waals surface area (Å²) in [5.41, 5.74) is 1.12. The number of hydrogen-bond acceptors (Lipinski definition) is 3. The SMILES string of the molecule is CSC(=N)Nc1ccc(C)cn1. The molecule has 4 heteroatoms. The molecule has 2 N–H and O–H groups in total. The molecule has 0 radical (unpaired) electrons. The normalized spacial score (nSPS) is 9.50. The van der Waals surface area contributed by atoms with Crippen LogP contribution in [0.5, 0.6) is 0 Å². The highest BCUT2D eigenvalue weighted by atomic mass is 32.2. The average molecular weight is 181 g/mol. The molecule has 0 saturated carbocycles. The van der Waals surface area contributed by atoms with Gasteiger partial charge in [0.25, 0.3) is 0 Å². The molecule has 1 aromatic rings. The Balaban J connectivity index is 2.64. The number of aryl methyl sites for hydroxylation is 1. The zero-order valence-corrected chi connectivity index (χ0v) is 7.90. The molecule has 64 valence electrons. The summed E-state index contributed by atoms with van der Waals surface area (Å²) in [6.45, 7) is 1.98. The Kier molecular flexibility index (Phi) is 3.10. The van der Waals surface area contributed by atoms with Gasteiger partial charge in [0, 0.05) is 6.20 Å². The predicted octanol–water partition coefficient (Wildman–Crippen LogP) is 2.10. The first-order valence-corrected chi connectivity index (χ1v) is 4.77. The molecule has 1 aromatic heterocycles. The van der Waals surface area contributed by atoms with Crippen molar-refractivity contribution in [2.24, 2.45) is 0 Å². The van der Waals surface area contributed by atoms with Gasteiger partial charge in [-0.1, -0.05) is 17.8 Å². The summed E-state index contributed by atoms with van der Waals surface area (Å²) in [5, 5.41) is 10.6. The maximum absolute atomic E-state index is 7.34. The minimum absolute atomic E-state index is 0.409. The van der Waals surface area contributed by atoms with Gasteiger partial charge in [-0.2, -0.15) is 0 Å². The van der Waals surface area contributed by atoms with Crippen molar-refractivity contribution in [1.82, 2.24) is 4.98 Å². The second kappa shape index (κ2) is 4.11. The summed E-state index contributed by atoms with van der Waals surface area (Å²) in [6, 6.07) is 3.82. The lowest BCUT2D eigenvalue weighted by atomic mass is 10.3. The van der Waals surface area contributed by atoms with Crippen molar-refractivity contribution >= 4 is 22.7 Å². The van der Waals surface area contributed by atoms with Gasteiger partial charge in [0.2, 0.25) is 0 Å². The number of pyridine rings is 1. The third-order valence-corrected chi connectivity index (χ3v) is 1.87. The molecule has 0 amide bonds. The topological polar surface area (TPSA) is 48.8 Å². The maximum Gasteiger partial charge on any atom is 0.159 e. The highest BCUT2D eigenvalue weighted by molar-refractivity contribution is 8.13. The number of amidine groups is 1. The molecule has 0 saturated heterocycles. The van der Waals surface area contributed by atoms with E-state index in [0.29, 0.717) is 5.17 Å². The number of nitrogens with one attached hydrogen (secondary N) is 2. The van der Waals surface area contributed by atoms with E-state index >= 15 is 0 Å². The Morgan fingerprint density at radius 1 is 1.58 bits per heavy atom. The fourth-order valence-electron chi connectivity index (χ4n) is 0.709. The lowest BCUT2D eigenvalue weighted by Crippen LogP contribution is -2.06. The first-order valence-electron chi connectivity index (χ1n) is 3.54. The van der Waals surface area contributed by atoms with Crippen molar-refractivity contribution < 1.29 is 0 Å². The van der Waals surface area contributed by atoms with Crippen LogP contribution in [0.25, 0.3) is 0 Å². The molecule has 0 aromatic carbocycles. The summed E-state index contributed by atoms with van der Waals surface area (Å²) in [4.78, 5) is 4.10. The number of hydrogen-bond donors (Lipinski definition) is 2. The van der Waals surface area contributed by atoms with Crippen LogP contribution in [0, 0.1) is 12.3 Å². The number of nitrogens with zero attached hydrogens (tertiary/aromatic N) is 1. The summed E-state index contributed by atoms with van der Waals surface area (Å²) in [5.74, 6) is 0.722. The largest absolute Gasteiger partial charge is 0.320 e. The summed E-state index contributed by atoms with van der Waals surface area (Å²) >= 11 is 1.36. The standard InChI is InChI=1S/C8H11N3S/c1-6-3-4-7(10-5-6)11-8(9)12-2/h3-5H,1-2H3,(H2,9,10,11). The van der Waals surface area contributed by atoms with E-state index in [1.165, 1.54) is 11.8 Å². The van der Waals surface area contributed by atoms with E-state index in [0.717, 1.165) is 11.4 Å². The summed E-state index contributed by atoms with van der Waals surface area (Å²) in [7, 11) is 0. The molecule has 0 bridgehead atoms. The van der Waals surface area contributed by atoms with Gasteiger partial charge in [-0.25, -0.2) is 4.98 Å². The molecule has 0 spiro atoms. The first kappa shape index (κ1) is 9.06. The van der Waals surface area contributed by atoms with E-state index in [2.05, 4.69) is 10.3 Å². The van der Waals surface area contributed by atoms with Gasteiger partial charge < -0.3 is 5.32 Å². The minimum atomic E-state index is 0.409. The van der Waals surface area contributed by atoms with Crippen LogP contribution in [0.1, 0.15) is 5.56 Å². The lowest BCUT2D eigenvalue weighted by molar-refractivity contribution is 1.27. The van der Waals surface area contributed by atoms with Crippen LogP contribution in [-0.2, 0) is 0 Å². The highest BCUT2D eigenvalue weighted by Crippen LogP contribution is 2.06. The maximum atomic E-state index is 7.34. The Labute approximate surface area is 76.1 Å². The van der Waals surface area contributed by atoms with E-state index in [1.54, 1.807) is 6.20 Å². The van der Waals surface area contributed by atoms with Crippen molar-refractivity contribution in [2.45, 2.75) is 6.92 Å². The molecule has 3 nitrogen and oxygen atoms in total. The fraction of sp³-hybridized carbons (Fsp3) is 0.250. The molecule has 1 heterocycles. The van der Waals surface area contributed by atoms with Crippen LogP contribution < -0.4 is 5.32 Å². The summed E-state index contributed by atoms with van der Waals surface area (Å²) in [6.07, 6.45) is 3.62. The third kappa shape index (κ3) is 2.54. The second-order valence-corrected chi connectivity index (χ2v) is 3.20. The van der Waals surface area contributed by atoms with Crippen LogP contribution >= 0.6 is 11.8 Å². The van der Waals surface area contributed by atoms with Crippen LogP contribution in [0.3, 0.4) is 0 Å². The van der Waals surface area contributed by atoms with Gasteiger partial charge >= 0.3 is 0 Å². The second-order valence-electron chi connectivity index (χ2n) is 2.38. The lowest BCUT2D eigenvalue weighted by Gasteiger charge is -2.03. The highest BCUT2D eigenvalue weighted by Gasteiger charge is 1.95. The number of rotatable bonds is 1. The van der Waals surface area contributed by atoms with Gasteiger partial charge in [0.05, 0.1) is 0 Å². The van der Waals surface area contributed by atoms with Crippen molar-refractivity contribution in [3.05, 3.63) is 23.9 Å². The zero-order valence-electron chi connectivity index (χ0n) is 7.09. The Bertz CT molecular complexity index is 268. The molecule has 12 heavy (non-hydrogen) atoms. The third-order valence-electron chi connectivity index (χ3n) is 1.36. The first-order chi connectivity index (χ1) is 5.72. The fourth-order valence-corrected chi connectivity index (χ4v) is 0.916. The van der Waals surface area contributed by atoms with Crippen LogP contribution in [0.15, 0.2) is 18.3 Å².